The Bertz CT molecular complexity index is 444. The highest BCUT2D eigenvalue weighted by Gasteiger charge is 2.14. The van der Waals surface area contributed by atoms with E-state index in [2.05, 4.69) is 42.0 Å². The van der Waals surface area contributed by atoms with Crippen LogP contribution < -0.4 is 14.8 Å². The van der Waals surface area contributed by atoms with Crippen LogP contribution in [0.4, 0.5) is 0 Å². The van der Waals surface area contributed by atoms with Gasteiger partial charge >= 0.3 is 0 Å². The van der Waals surface area contributed by atoms with Crippen LogP contribution in [-0.2, 0) is 6.54 Å². The monoisotopic (exact) mass is 359 g/mol. The van der Waals surface area contributed by atoms with Crippen LogP contribution in [0, 0.1) is 0 Å². The van der Waals surface area contributed by atoms with Gasteiger partial charge in [0.1, 0.15) is 0 Å². The molecule has 2 N–H and O–H groups in total. The molecule has 0 aliphatic heterocycles. The van der Waals surface area contributed by atoms with Crippen molar-refractivity contribution in [2.24, 2.45) is 0 Å². The van der Waals surface area contributed by atoms with Gasteiger partial charge in [0, 0.05) is 25.1 Å². The molecule has 5 heteroatoms. The van der Waals surface area contributed by atoms with Crippen molar-refractivity contribution >= 4 is 15.9 Å². The van der Waals surface area contributed by atoms with E-state index >= 15 is 0 Å². The number of rotatable bonds is 8. The predicted molar refractivity (Wildman–Crippen MR) is 89.1 cm³/mol. The number of hydrogen-bond acceptors (Lipinski definition) is 4. The summed E-state index contributed by atoms with van der Waals surface area (Å²) in [5, 5.41) is 12.3. The van der Waals surface area contributed by atoms with Gasteiger partial charge < -0.3 is 19.9 Å². The second kappa shape index (κ2) is 8.61. The summed E-state index contributed by atoms with van der Waals surface area (Å²) in [5.41, 5.74) is 1.20. The minimum atomic E-state index is 0.0640. The highest BCUT2D eigenvalue weighted by atomic mass is 79.9. The van der Waals surface area contributed by atoms with Crippen molar-refractivity contribution < 1.29 is 14.6 Å². The molecule has 1 rings (SSSR count). The summed E-state index contributed by atoms with van der Waals surface area (Å²) in [7, 11) is 0. The van der Waals surface area contributed by atoms with Crippen LogP contribution in [-0.4, -0.2) is 30.5 Å². The number of halogens is 1. The maximum atomic E-state index is 8.85. The van der Waals surface area contributed by atoms with Crippen LogP contribution in [0.15, 0.2) is 16.6 Å². The van der Waals surface area contributed by atoms with E-state index in [1.54, 1.807) is 0 Å². The Morgan fingerprint density at radius 1 is 1.24 bits per heavy atom. The van der Waals surface area contributed by atoms with Crippen LogP contribution in [0.1, 0.15) is 39.7 Å². The summed E-state index contributed by atoms with van der Waals surface area (Å²) in [6.45, 7) is 10.3. The lowest BCUT2D eigenvalue weighted by molar-refractivity contribution is 0.224. The molecular formula is C16H26BrNO3. The molecule has 4 nitrogen and oxygen atoms in total. The third-order valence-corrected chi connectivity index (χ3v) is 3.33. The average Bonchev–Trinajstić information content (AvgIpc) is 2.39. The Labute approximate surface area is 136 Å². The molecule has 1 aromatic rings. The molecule has 0 atom stereocenters. The highest BCUT2D eigenvalue weighted by molar-refractivity contribution is 9.10. The van der Waals surface area contributed by atoms with Gasteiger partial charge in [0.05, 0.1) is 17.7 Å². The van der Waals surface area contributed by atoms with E-state index in [0.29, 0.717) is 25.4 Å². The summed E-state index contributed by atoms with van der Waals surface area (Å²) < 4.78 is 12.3. The van der Waals surface area contributed by atoms with E-state index in [4.69, 9.17) is 14.6 Å². The number of aliphatic hydroxyl groups excluding tert-OH is 1. The Kier molecular flexibility index (Phi) is 7.49. The van der Waals surface area contributed by atoms with Crippen molar-refractivity contribution in [3.8, 4) is 11.5 Å². The second-order valence-corrected chi connectivity index (χ2v) is 6.72. The summed E-state index contributed by atoms with van der Waals surface area (Å²) in [5.74, 6) is 1.43. The van der Waals surface area contributed by atoms with Crippen LogP contribution in [0.3, 0.4) is 0 Å². The third-order valence-electron chi connectivity index (χ3n) is 2.74. The van der Waals surface area contributed by atoms with Crippen molar-refractivity contribution in [2.75, 3.05) is 19.8 Å². The average molecular weight is 360 g/mol. The SMILES string of the molecule is CCOc1cc(CNC(C)(C)C)cc(Br)c1OCCCO. The molecule has 0 aliphatic rings. The van der Waals surface area contributed by atoms with Crippen LogP contribution in [0.5, 0.6) is 11.5 Å². The fourth-order valence-electron chi connectivity index (χ4n) is 1.73. The molecule has 0 unspecified atom stereocenters. The molecule has 0 amide bonds. The number of nitrogens with one attached hydrogen (secondary N) is 1. The van der Waals surface area contributed by atoms with Gasteiger partial charge in [0.15, 0.2) is 11.5 Å². The minimum Gasteiger partial charge on any atom is -0.490 e. The molecule has 0 fully saturated rings. The Hall–Kier alpha value is -0.780. The van der Waals surface area contributed by atoms with E-state index in [1.165, 1.54) is 0 Å². The molecule has 1 aromatic carbocycles. The van der Waals surface area contributed by atoms with Gasteiger partial charge in [-0.05, 0) is 61.3 Å². The lowest BCUT2D eigenvalue weighted by atomic mass is 10.1. The first-order valence-electron chi connectivity index (χ1n) is 7.31. The predicted octanol–water partition coefficient (Wildman–Crippen LogP) is 3.50. The first-order chi connectivity index (χ1) is 9.87. The fourth-order valence-corrected chi connectivity index (χ4v) is 2.34. The third kappa shape index (κ3) is 6.68. The van der Waals surface area contributed by atoms with Gasteiger partial charge in [-0.3, -0.25) is 0 Å². The standard InChI is InChI=1S/C16H26BrNO3/c1-5-20-14-10-12(11-18-16(2,3)4)9-13(17)15(14)21-8-6-7-19/h9-10,18-19H,5-8,11H2,1-4H3. The first kappa shape index (κ1) is 18.3. The summed E-state index contributed by atoms with van der Waals surface area (Å²) in [6.07, 6.45) is 0.603. The van der Waals surface area contributed by atoms with Gasteiger partial charge in [0.25, 0.3) is 0 Å². The largest absolute Gasteiger partial charge is 0.490 e. The van der Waals surface area contributed by atoms with Crippen molar-refractivity contribution in [1.82, 2.24) is 5.32 Å². The van der Waals surface area contributed by atoms with Crippen molar-refractivity contribution in [3.63, 3.8) is 0 Å². The van der Waals surface area contributed by atoms with Gasteiger partial charge in [-0.1, -0.05) is 0 Å². The van der Waals surface area contributed by atoms with Gasteiger partial charge in [0.2, 0.25) is 0 Å². The molecule has 0 heterocycles. The Morgan fingerprint density at radius 2 is 1.95 bits per heavy atom. The second-order valence-electron chi connectivity index (χ2n) is 5.87. The Morgan fingerprint density at radius 3 is 2.52 bits per heavy atom. The number of aliphatic hydroxyl groups is 1. The maximum Gasteiger partial charge on any atom is 0.175 e. The highest BCUT2D eigenvalue weighted by Crippen LogP contribution is 2.37. The van der Waals surface area contributed by atoms with Crippen molar-refractivity contribution in [2.45, 2.75) is 46.2 Å². The number of hydrogen-bond donors (Lipinski definition) is 2. The molecule has 0 bridgehead atoms. The Balaban J connectivity index is 2.89. The van der Waals surface area contributed by atoms with E-state index in [1.807, 2.05) is 19.1 Å². The van der Waals surface area contributed by atoms with Gasteiger partial charge in [-0.2, -0.15) is 0 Å². The zero-order valence-corrected chi connectivity index (χ0v) is 14.9. The molecule has 0 spiro atoms. The van der Waals surface area contributed by atoms with E-state index in [-0.39, 0.29) is 12.1 Å². The van der Waals surface area contributed by atoms with Gasteiger partial charge in [-0.25, -0.2) is 0 Å². The summed E-state index contributed by atoms with van der Waals surface area (Å²) in [6, 6.07) is 4.04. The molecule has 0 saturated carbocycles. The lowest BCUT2D eigenvalue weighted by Crippen LogP contribution is -2.35. The smallest absolute Gasteiger partial charge is 0.175 e. The first-order valence-corrected chi connectivity index (χ1v) is 8.10. The van der Waals surface area contributed by atoms with Crippen LogP contribution in [0.2, 0.25) is 0 Å². The number of ether oxygens (including phenoxy) is 2. The zero-order valence-electron chi connectivity index (χ0n) is 13.3. The van der Waals surface area contributed by atoms with E-state index in [0.717, 1.165) is 22.3 Å². The van der Waals surface area contributed by atoms with Crippen molar-refractivity contribution in [1.29, 1.82) is 0 Å². The molecule has 120 valence electrons. The fraction of sp³-hybridized carbons (Fsp3) is 0.625. The zero-order chi connectivity index (χ0) is 15.9. The lowest BCUT2D eigenvalue weighted by Gasteiger charge is -2.21. The van der Waals surface area contributed by atoms with Gasteiger partial charge in [-0.15, -0.1) is 0 Å². The minimum absolute atomic E-state index is 0.0640. The van der Waals surface area contributed by atoms with Crippen LogP contribution >= 0.6 is 15.9 Å². The molecule has 0 saturated heterocycles. The maximum absolute atomic E-state index is 8.85. The van der Waals surface area contributed by atoms with Crippen molar-refractivity contribution in [3.05, 3.63) is 22.2 Å². The molecular weight excluding hydrogens is 334 g/mol. The summed E-state index contributed by atoms with van der Waals surface area (Å²) in [4.78, 5) is 0. The molecule has 0 radical (unpaired) electrons. The van der Waals surface area contributed by atoms with Crippen LogP contribution in [0.25, 0.3) is 0 Å². The molecule has 21 heavy (non-hydrogen) atoms. The van der Waals surface area contributed by atoms with E-state index < -0.39 is 0 Å². The molecule has 0 aromatic heterocycles. The normalized spacial score (nSPS) is 11.5. The van der Waals surface area contributed by atoms with E-state index in [9.17, 15) is 0 Å². The topological polar surface area (TPSA) is 50.7 Å². The number of benzene rings is 1. The quantitative estimate of drug-likeness (QED) is 0.697. The molecule has 0 aliphatic carbocycles. The summed E-state index contributed by atoms with van der Waals surface area (Å²) >= 11 is 3.55.